The van der Waals surface area contributed by atoms with Crippen LogP contribution in [0, 0.1) is 5.92 Å². The lowest BCUT2D eigenvalue weighted by Crippen LogP contribution is -2.45. The zero-order valence-electron chi connectivity index (χ0n) is 13.6. The molecule has 1 N–H and O–H groups in total. The number of halogens is 3. The highest BCUT2D eigenvalue weighted by molar-refractivity contribution is 7.90. The summed E-state index contributed by atoms with van der Waals surface area (Å²) in [5.74, 6) is 0.668. The highest BCUT2D eigenvalue weighted by atomic mass is 32.2. The minimum absolute atomic E-state index is 0.0216. The Hall–Kier alpha value is -2.14. The van der Waals surface area contributed by atoms with Crippen LogP contribution in [0.15, 0.2) is 34.9 Å². The molecule has 1 aromatic heterocycles. The van der Waals surface area contributed by atoms with Crippen LogP contribution in [-0.2, 0) is 10.0 Å². The summed E-state index contributed by atoms with van der Waals surface area (Å²) in [5, 5.41) is 6.79. The summed E-state index contributed by atoms with van der Waals surface area (Å²) < 4.78 is 66.1. The lowest BCUT2D eigenvalue weighted by atomic mass is 9.98. The number of aromatic nitrogens is 2. The van der Waals surface area contributed by atoms with Gasteiger partial charge in [0.05, 0.1) is 0 Å². The summed E-state index contributed by atoms with van der Waals surface area (Å²) in [6.07, 6.45) is 0.650. The Balaban J connectivity index is 1.51. The number of benzene rings is 1. The molecule has 1 aromatic carbocycles. The van der Waals surface area contributed by atoms with E-state index in [1.54, 1.807) is 0 Å². The fourth-order valence-corrected chi connectivity index (χ4v) is 3.71. The van der Waals surface area contributed by atoms with E-state index in [1.807, 2.05) is 30.3 Å². The number of anilines is 1. The molecule has 0 spiro atoms. The van der Waals surface area contributed by atoms with Crippen molar-refractivity contribution in [2.75, 3.05) is 25.0 Å². The first-order chi connectivity index (χ1) is 12.3. The monoisotopic (exact) mass is 390 g/mol. The molecule has 2 heterocycles. The van der Waals surface area contributed by atoms with E-state index < -0.39 is 15.5 Å². The first kappa shape index (κ1) is 18.6. The maximum atomic E-state index is 12.6. The number of alkyl halides is 3. The number of hydrogen-bond acceptors (Lipinski definition) is 6. The first-order valence-corrected chi connectivity index (χ1v) is 9.41. The van der Waals surface area contributed by atoms with Gasteiger partial charge in [0, 0.05) is 25.2 Å². The molecule has 0 unspecified atom stereocenters. The Morgan fingerprint density at radius 3 is 2.46 bits per heavy atom. The Kier molecular flexibility index (Phi) is 5.19. The van der Waals surface area contributed by atoms with E-state index in [1.165, 1.54) is 0 Å². The third-order valence-corrected chi connectivity index (χ3v) is 5.83. The van der Waals surface area contributed by atoms with Crippen molar-refractivity contribution in [1.82, 2.24) is 14.4 Å². The van der Waals surface area contributed by atoms with Gasteiger partial charge in [-0.15, -0.1) is 0 Å². The van der Waals surface area contributed by atoms with Crippen LogP contribution in [0.25, 0.3) is 11.5 Å². The van der Waals surface area contributed by atoms with Gasteiger partial charge in [-0.05, 0) is 36.0 Å². The van der Waals surface area contributed by atoms with E-state index in [9.17, 15) is 21.6 Å². The molecule has 0 atom stereocenters. The van der Waals surface area contributed by atoms with Crippen molar-refractivity contribution >= 4 is 16.0 Å². The summed E-state index contributed by atoms with van der Waals surface area (Å²) in [7, 11) is -5.24. The minimum atomic E-state index is -5.25. The molecule has 7 nitrogen and oxygen atoms in total. The summed E-state index contributed by atoms with van der Waals surface area (Å²) in [5.41, 5.74) is -4.48. The number of nitrogens with one attached hydrogen (secondary N) is 1. The molecule has 142 valence electrons. The molecular formula is C15H17F3N4O3S. The predicted octanol–water partition coefficient (Wildman–Crippen LogP) is 2.71. The molecule has 1 aliphatic heterocycles. The normalized spacial score (nSPS) is 17.3. The SMILES string of the molecule is O=S(=O)(N1CCC(CNc2noc(-c3ccccc3)n2)CC1)C(F)(F)F. The van der Waals surface area contributed by atoms with Crippen LogP contribution in [-0.4, -0.2) is 48.0 Å². The summed E-state index contributed by atoms with van der Waals surface area (Å²) in [6, 6.07) is 9.21. The second-order valence-electron chi connectivity index (χ2n) is 5.96. The van der Waals surface area contributed by atoms with Crippen LogP contribution in [0.4, 0.5) is 19.1 Å². The quantitative estimate of drug-likeness (QED) is 0.845. The average molecular weight is 390 g/mol. The zero-order valence-corrected chi connectivity index (χ0v) is 14.4. The van der Waals surface area contributed by atoms with Crippen LogP contribution in [0.5, 0.6) is 0 Å². The maximum absolute atomic E-state index is 12.6. The lowest BCUT2D eigenvalue weighted by Gasteiger charge is -2.31. The molecule has 1 aliphatic rings. The molecule has 11 heteroatoms. The van der Waals surface area contributed by atoms with E-state index in [0.29, 0.717) is 29.6 Å². The highest BCUT2D eigenvalue weighted by Crippen LogP contribution is 2.30. The van der Waals surface area contributed by atoms with Gasteiger partial charge in [0.15, 0.2) is 0 Å². The Morgan fingerprint density at radius 1 is 1.19 bits per heavy atom. The van der Waals surface area contributed by atoms with Crippen molar-refractivity contribution < 1.29 is 26.1 Å². The molecule has 2 aromatic rings. The van der Waals surface area contributed by atoms with Gasteiger partial charge in [0.1, 0.15) is 0 Å². The van der Waals surface area contributed by atoms with Crippen LogP contribution in [0.3, 0.4) is 0 Å². The van der Waals surface area contributed by atoms with Gasteiger partial charge >= 0.3 is 15.5 Å². The third kappa shape index (κ3) is 3.98. The number of nitrogens with zero attached hydrogens (tertiary/aromatic N) is 3. The molecule has 0 aliphatic carbocycles. The van der Waals surface area contributed by atoms with Crippen molar-refractivity contribution in [3.05, 3.63) is 30.3 Å². The molecule has 0 radical (unpaired) electrons. The second kappa shape index (κ2) is 7.23. The molecule has 1 saturated heterocycles. The predicted molar refractivity (Wildman–Crippen MR) is 87.5 cm³/mol. The molecule has 3 rings (SSSR count). The van der Waals surface area contributed by atoms with Crippen LogP contribution in [0.2, 0.25) is 0 Å². The third-order valence-electron chi connectivity index (χ3n) is 4.20. The van der Waals surface area contributed by atoms with Crippen molar-refractivity contribution in [2.45, 2.75) is 18.3 Å². The van der Waals surface area contributed by atoms with Gasteiger partial charge in [-0.2, -0.15) is 22.5 Å². The van der Waals surface area contributed by atoms with Crippen LogP contribution < -0.4 is 5.32 Å². The molecule has 1 fully saturated rings. The standard InChI is InChI=1S/C15H17F3N4O3S/c16-15(17,18)26(23,24)22-8-6-11(7-9-22)10-19-14-20-13(25-21-14)12-4-2-1-3-5-12/h1-5,11H,6-10H2,(H,19,21). The van der Waals surface area contributed by atoms with Gasteiger partial charge in [-0.3, -0.25) is 0 Å². The zero-order chi connectivity index (χ0) is 18.8. The van der Waals surface area contributed by atoms with Gasteiger partial charge in [0.2, 0.25) is 0 Å². The molecule has 0 saturated carbocycles. The van der Waals surface area contributed by atoms with Crippen LogP contribution in [0.1, 0.15) is 12.8 Å². The van der Waals surface area contributed by atoms with Crippen LogP contribution >= 0.6 is 0 Å². The maximum Gasteiger partial charge on any atom is 0.511 e. The van der Waals surface area contributed by atoms with Crippen molar-refractivity contribution in [3.8, 4) is 11.5 Å². The van der Waals surface area contributed by atoms with E-state index in [0.717, 1.165) is 5.56 Å². The van der Waals surface area contributed by atoms with E-state index in [4.69, 9.17) is 4.52 Å². The molecule has 0 bridgehead atoms. The number of sulfonamides is 1. The molecule has 26 heavy (non-hydrogen) atoms. The average Bonchev–Trinajstić information content (AvgIpc) is 3.09. The van der Waals surface area contributed by atoms with Crippen molar-refractivity contribution in [2.24, 2.45) is 5.92 Å². The molecule has 0 amide bonds. The van der Waals surface area contributed by atoms with E-state index >= 15 is 0 Å². The van der Waals surface area contributed by atoms with E-state index in [2.05, 4.69) is 15.5 Å². The fourth-order valence-electron chi connectivity index (χ4n) is 2.73. The lowest BCUT2D eigenvalue weighted by molar-refractivity contribution is -0.0496. The topological polar surface area (TPSA) is 88.3 Å². The Bertz CT molecular complexity index is 831. The number of piperidine rings is 1. The summed E-state index contributed by atoms with van der Waals surface area (Å²) in [4.78, 5) is 4.21. The number of rotatable bonds is 5. The van der Waals surface area contributed by atoms with Gasteiger partial charge < -0.3 is 9.84 Å². The van der Waals surface area contributed by atoms with Gasteiger partial charge in [-0.1, -0.05) is 18.2 Å². The van der Waals surface area contributed by atoms with Crippen molar-refractivity contribution in [1.29, 1.82) is 0 Å². The number of hydrogen-bond donors (Lipinski definition) is 1. The largest absolute Gasteiger partial charge is 0.511 e. The molecular weight excluding hydrogens is 373 g/mol. The first-order valence-electron chi connectivity index (χ1n) is 7.97. The minimum Gasteiger partial charge on any atom is -0.351 e. The van der Waals surface area contributed by atoms with Crippen molar-refractivity contribution in [3.63, 3.8) is 0 Å². The Labute approximate surface area is 148 Å². The second-order valence-corrected chi connectivity index (χ2v) is 7.89. The smallest absolute Gasteiger partial charge is 0.351 e. The fraction of sp³-hybridized carbons (Fsp3) is 0.467. The summed E-state index contributed by atoms with van der Waals surface area (Å²) >= 11 is 0. The van der Waals surface area contributed by atoms with E-state index in [-0.39, 0.29) is 25.0 Å². The van der Waals surface area contributed by atoms with Gasteiger partial charge in [-0.25, -0.2) is 8.42 Å². The highest BCUT2D eigenvalue weighted by Gasteiger charge is 2.50. The summed E-state index contributed by atoms with van der Waals surface area (Å²) in [6.45, 7) is 0.110. The Morgan fingerprint density at radius 2 is 1.85 bits per heavy atom. The van der Waals surface area contributed by atoms with Gasteiger partial charge in [0.25, 0.3) is 11.8 Å².